The number of aromatic carboxylic acids is 1. The topological polar surface area (TPSA) is 88.6 Å². The molecule has 0 amide bonds. The number of carboxylic acids is 1. The van der Waals surface area contributed by atoms with Crippen LogP contribution in [0.3, 0.4) is 0 Å². The van der Waals surface area contributed by atoms with Gasteiger partial charge in [0.15, 0.2) is 5.82 Å². The zero-order chi connectivity index (χ0) is 19.8. The molecule has 1 aliphatic heterocycles. The number of halogens is 2. The Kier molecular flexibility index (Phi) is 3.62. The lowest BCUT2D eigenvalue weighted by atomic mass is 9.92. The summed E-state index contributed by atoms with van der Waals surface area (Å²) < 4.78 is 32.1. The van der Waals surface area contributed by atoms with E-state index in [1.807, 2.05) is 0 Å². The predicted molar refractivity (Wildman–Crippen MR) is 99.8 cm³/mol. The predicted octanol–water partition coefficient (Wildman–Crippen LogP) is 2.63. The van der Waals surface area contributed by atoms with Gasteiger partial charge in [0, 0.05) is 30.9 Å². The lowest BCUT2D eigenvalue weighted by molar-refractivity contribution is 0.0695. The maximum Gasteiger partial charge on any atom is 0.341 e. The summed E-state index contributed by atoms with van der Waals surface area (Å²) in [5, 5.41) is 9.09. The van der Waals surface area contributed by atoms with E-state index in [-0.39, 0.29) is 28.6 Å². The van der Waals surface area contributed by atoms with Crippen molar-refractivity contribution in [2.75, 3.05) is 18.0 Å². The molecule has 8 heteroatoms. The van der Waals surface area contributed by atoms with Gasteiger partial charge in [0.2, 0.25) is 5.43 Å². The Labute approximate surface area is 159 Å². The number of nitrogens with two attached hydrogens (primary N) is 1. The van der Waals surface area contributed by atoms with Crippen LogP contribution in [0.5, 0.6) is 0 Å². The normalized spacial score (nSPS) is 26.8. The van der Waals surface area contributed by atoms with E-state index in [1.165, 1.54) is 10.8 Å². The van der Waals surface area contributed by atoms with Crippen LogP contribution in [0.1, 0.15) is 48.5 Å². The second kappa shape index (κ2) is 5.76. The fourth-order valence-corrected chi connectivity index (χ4v) is 5.02. The first-order chi connectivity index (χ1) is 13.3. The van der Waals surface area contributed by atoms with Crippen LogP contribution in [-0.2, 0) is 0 Å². The highest BCUT2D eigenvalue weighted by molar-refractivity contribution is 5.94. The molecule has 5 rings (SSSR count). The lowest BCUT2D eigenvalue weighted by Gasteiger charge is -2.25. The Hall–Kier alpha value is -2.48. The van der Waals surface area contributed by atoms with Crippen molar-refractivity contribution < 1.29 is 18.7 Å². The van der Waals surface area contributed by atoms with Crippen LogP contribution < -0.4 is 16.1 Å². The quantitative estimate of drug-likeness (QED) is 0.843. The highest BCUT2D eigenvalue weighted by atomic mass is 19.1. The van der Waals surface area contributed by atoms with Crippen molar-refractivity contribution in [2.24, 2.45) is 11.7 Å². The van der Waals surface area contributed by atoms with Gasteiger partial charge < -0.3 is 20.3 Å². The number of anilines is 1. The van der Waals surface area contributed by atoms with Crippen molar-refractivity contribution in [2.45, 2.75) is 43.7 Å². The van der Waals surface area contributed by atoms with E-state index in [0.29, 0.717) is 13.1 Å². The number of carboxylic acid groups (broad SMARTS) is 1. The Bertz CT molecular complexity index is 1080. The summed E-state index contributed by atoms with van der Waals surface area (Å²) in [5.41, 5.74) is 4.52. The number of pyridine rings is 1. The average molecular weight is 389 g/mol. The van der Waals surface area contributed by atoms with E-state index in [4.69, 9.17) is 5.73 Å². The summed E-state index contributed by atoms with van der Waals surface area (Å²) in [6.45, 7) is 0.856. The molecule has 3 aliphatic rings. The van der Waals surface area contributed by atoms with Gasteiger partial charge in [-0.2, -0.15) is 0 Å². The third-order valence-electron chi connectivity index (χ3n) is 6.60. The molecule has 2 aromatic rings. The molecule has 2 heterocycles. The molecular weight excluding hydrogens is 368 g/mol. The Morgan fingerprint density at radius 1 is 1.29 bits per heavy atom. The Morgan fingerprint density at radius 2 is 2.04 bits per heavy atom. The molecule has 1 aromatic carbocycles. The highest BCUT2D eigenvalue weighted by Gasteiger charge is 2.48. The minimum Gasteiger partial charge on any atom is -0.477 e. The van der Waals surface area contributed by atoms with Crippen LogP contribution in [-0.4, -0.2) is 34.3 Å². The van der Waals surface area contributed by atoms with Crippen molar-refractivity contribution in [3.05, 3.63) is 39.7 Å². The van der Waals surface area contributed by atoms with Gasteiger partial charge in [-0.25, -0.2) is 13.6 Å². The number of nitrogens with zero attached hydrogens (tertiary/aromatic N) is 2. The van der Waals surface area contributed by atoms with Crippen LogP contribution >= 0.6 is 0 Å². The molecule has 28 heavy (non-hydrogen) atoms. The summed E-state index contributed by atoms with van der Waals surface area (Å²) in [5.74, 6) is -2.86. The summed E-state index contributed by atoms with van der Waals surface area (Å²) in [4.78, 5) is 25.6. The molecule has 2 atom stereocenters. The molecule has 3 fully saturated rings. The van der Waals surface area contributed by atoms with Crippen LogP contribution in [0.15, 0.2) is 17.1 Å². The molecule has 148 valence electrons. The number of hydrogen-bond donors (Lipinski definition) is 2. The molecule has 2 aliphatic carbocycles. The fraction of sp³-hybridized carbons (Fsp3) is 0.500. The minimum atomic E-state index is -1.40. The van der Waals surface area contributed by atoms with E-state index in [1.54, 1.807) is 4.90 Å². The number of benzene rings is 1. The molecule has 0 radical (unpaired) electrons. The average Bonchev–Trinajstić information content (AvgIpc) is 3.32. The number of hydrogen-bond acceptors (Lipinski definition) is 4. The monoisotopic (exact) mass is 389 g/mol. The number of rotatable bonds is 3. The zero-order valence-corrected chi connectivity index (χ0v) is 15.3. The van der Waals surface area contributed by atoms with Gasteiger partial charge in [-0.1, -0.05) is 6.42 Å². The summed E-state index contributed by atoms with van der Waals surface area (Å²) in [6.07, 6.45) is 5.52. The molecule has 0 bridgehead atoms. The van der Waals surface area contributed by atoms with Gasteiger partial charge >= 0.3 is 5.97 Å². The molecule has 1 aromatic heterocycles. The van der Waals surface area contributed by atoms with E-state index >= 15 is 4.39 Å². The number of fused-ring (bicyclic) bond motifs is 2. The smallest absolute Gasteiger partial charge is 0.341 e. The molecule has 3 N–H and O–H groups in total. The third kappa shape index (κ3) is 2.40. The van der Waals surface area contributed by atoms with Crippen molar-refractivity contribution in [3.63, 3.8) is 0 Å². The van der Waals surface area contributed by atoms with Crippen LogP contribution in [0.25, 0.3) is 10.9 Å². The molecular formula is C20H21F2N3O3. The van der Waals surface area contributed by atoms with Crippen LogP contribution in [0.4, 0.5) is 14.5 Å². The summed E-state index contributed by atoms with van der Waals surface area (Å²) >= 11 is 0. The first-order valence-corrected chi connectivity index (χ1v) is 9.64. The minimum absolute atomic E-state index is 0.0166. The van der Waals surface area contributed by atoms with Gasteiger partial charge in [-0.05, 0) is 37.7 Å². The molecule has 0 unspecified atom stereocenters. The summed E-state index contributed by atoms with van der Waals surface area (Å²) in [6, 6.07) is 0.909. The largest absolute Gasteiger partial charge is 0.477 e. The number of carbonyl (C=O) groups is 1. The maximum atomic E-state index is 15.6. The second-order valence-corrected chi connectivity index (χ2v) is 8.44. The second-order valence-electron chi connectivity index (χ2n) is 8.44. The van der Waals surface area contributed by atoms with Gasteiger partial charge in [-0.3, -0.25) is 4.79 Å². The van der Waals surface area contributed by atoms with E-state index in [2.05, 4.69) is 0 Å². The van der Waals surface area contributed by atoms with Gasteiger partial charge in [0.1, 0.15) is 17.1 Å². The maximum absolute atomic E-state index is 15.6. The molecule has 6 nitrogen and oxygen atoms in total. The molecule has 1 saturated heterocycles. The zero-order valence-electron chi connectivity index (χ0n) is 15.3. The van der Waals surface area contributed by atoms with Gasteiger partial charge in [0.25, 0.3) is 0 Å². The van der Waals surface area contributed by atoms with Crippen molar-refractivity contribution >= 4 is 22.6 Å². The van der Waals surface area contributed by atoms with E-state index in [0.717, 1.165) is 38.2 Å². The SMILES string of the molecule is N[C@@]12CCC[C@@H]1CN(c1c(F)cc3c(=O)c(C(=O)O)cn(C4CC4)c3c1F)C2. The Balaban J connectivity index is 1.72. The highest BCUT2D eigenvalue weighted by Crippen LogP contribution is 2.44. The molecule has 2 saturated carbocycles. The van der Waals surface area contributed by atoms with Crippen molar-refractivity contribution in [1.29, 1.82) is 0 Å². The number of aromatic nitrogens is 1. The van der Waals surface area contributed by atoms with Crippen molar-refractivity contribution in [1.82, 2.24) is 4.57 Å². The van der Waals surface area contributed by atoms with Gasteiger partial charge in [-0.15, -0.1) is 0 Å². The molecule has 0 spiro atoms. The van der Waals surface area contributed by atoms with Crippen LogP contribution in [0, 0.1) is 17.6 Å². The first-order valence-electron chi connectivity index (χ1n) is 9.64. The summed E-state index contributed by atoms with van der Waals surface area (Å²) in [7, 11) is 0. The first kappa shape index (κ1) is 17.6. The van der Waals surface area contributed by atoms with Crippen molar-refractivity contribution in [3.8, 4) is 0 Å². The van der Waals surface area contributed by atoms with Gasteiger partial charge in [0.05, 0.1) is 10.9 Å². The van der Waals surface area contributed by atoms with E-state index in [9.17, 15) is 19.1 Å². The third-order valence-corrected chi connectivity index (χ3v) is 6.60. The van der Waals surface area contributed by atoms with Crippen LogP contribution in [0.2, 0.25) is 0 Å². The van der Waals surface area contributed by atoms with E-state index < -0.39 is 34.1 Å². The lowest BCUT2D eigenvalue weighted by Crippen LogP contribution is -2.44. The standard InChI is InChI=1S/C20H21F2N3O3/c21-14-6-12-16(25(11-3-4-11)8-13(18(12)26)19(27)28)15(22)17(14)24-7-10-2-1-5-20(10,23)9-24/h6,8,10-11H,1-5,7,9,23H2,(H,27,28)/t10-,20-/m1/s1. The Morgan fingerprint density at radius 3 is 2.68 bits per heavy atom. The fourth-order valence-electron chi connectivity index (χ4n) is 5.02.